The zero-order chi connectivity index (χ0) is 10.9. The number of aliphatic hydroxyl groups is 1. The number of carbonyl (C=O) groups is 2. The number of amides is 1. The van der Waals surface area contributed by atoms with Crippen LogP contribution in [0.2, 0.25) is 0 Å². The highest BCUT2D eigenvalue weighted by Crippen LogP contribution is 2.28. The SMILES string of the molecule is CC(C)(O)CC(C)(C(N)=O)C(=O)O. The number of rotatable bonds is 4. The molecule has 4 N–H and O–H groups in total. The molecule has 1 amide bonds. The number of hydrogen-bond donors (Lipinski definition) is 3. The van der Waals surface area contributed by atoms with Gasteiger partial charge in [-0.3, -0.25) is 9.59 Å². The predicted molar refractivity (Wildman–Crippen MR) is 45.9 cm³/mol. The van der Waals surface area contributed by atoms with E-state index in [0.717, 1.165) is 0 Å². The largest absolute Gasteiger partial charge is 0.480 e. The molecule has 0 radical (unpaired) electrons. The molecule has 0 saturated carbocycles. The molecule has 0 aliphatic carbocycles. The maximum Gasteiger partial charge on any atom is 0.319 e. The van der Waals surface area contributed by atoms with Gasteiger partial charge in [0.2, 0.25) is 5.91 Å². The Morgan fingerprint density at radius 2 is 1.69 bits per heavy atom. The monoisotopic (exact) mass is 189 g/mol. The molecule has 0 saturated heterocycles. The Balaban J connectivity index is 4.84. The lowest BCUT2D eigenvalue weighted by molar-refractivity contribution is -0.157. The van der Waals surface area contributed by atoms with E-state index in [9.17, 15) is 14.7 Å². The number of carboxylic acids is 1. The standard InChI is InChI=1S/C8H15NO4/c1-7(2,13)4-8(3,5(9)10)6(11)12/h13H,4H2,1-3H3,(H2,9,10)(H,11,12). The zero-order valence-corrected chi connectivity index (χ0v) is 8.00. The van der Waals surface area contributed by atoms with E-state index >= 15 is 0 Å². The first-order valence-electron chi connectivity index (χ1n) is 3.85. The van der Waals surface area contributed by atoms with E-state index in [4.69, 9.17) is 10.8 Å². The van der Waals surface area contributed by atoms with Crippen molar-refractivity contribution in [1.29, 1.82) is 0 Å². The lowest BCUT2D eigenvalue weighted by Gasteiger charge is -2.28. The molecule has 0 spiro atoms. The summed E-state index contributed by atoms with van der Waals surface area (Å²) in [7, 11) is 0. The summed E-state index contributed by atoms with van der Waals surface area (Å²) in [6, 6.07) is 0. The van der Waals surface area contributed by atoms with E-state index in [2.05, 4.69) is 0 Å². The third kappa shape index (κ3) is 3.02. The van der Waals surface area contributed by atoms with Crippen molar-refractivity contribution >= 4 is 11.9 Å². The Hall–Kier alpha value is -1.10. The number of aliphatic carboxylic acids is 1. The van der Waals surface area contributed by atoms with Gasteiger partial charge in [-0.15, -0.1) is 0 Å². The number of primary amides is 1. The second-order valence-corrected chi connectivity index (χ2v) is 3.99. The second-order valence-electron chi connectivity index (χ2n) is 3.99. The van der Waals surface area contributed by atoms with Gasteiger partial charge in [-0.1, -0.05) is 0 Å². The van der Waals surface area contributed by atoms with E-state index in [0.29, 0.717) is 0 Å². The maximum absolute atomic E-state index is 10.9. The number of carbonyl (C=O) groups excluding carboxylic acids is 1. The average molecular weight is 189 g/mol. The highest BCUT2D eigenvalue weighted by molar-refractivity contribution is 6.00. The molecule has 0 aromatic carbocycles. The fourth-order valence-electron chi connectivity index (χ4n) is 1.13. The van der Waals surface area contributed by atoms with E-state index in [1.807, 2.05) is 0 Å². The van der Waals surface area contributed by atoms with Crippen LogP contribution in [-0.2, 0) is 9.59 Å². The molecule has 76 valence electrons. The topological polar surface area (TPSA) is 101 Å². The van der Waals surface area contributed by atoms with Crippen molar-refractivity contribution in [3.63, 3.8) is 0 Å². The summed E-state index contributed by atoms with van der Waals surface area (Å²) >= 11 is 0. The highest BCUT2D eigenvalue weighted by atomic mass is 16.4. The minimum absolute atomic E-state index is 0.204. The molecule has 0 fully saturated rings. The van der Waals surface area contributed by atoms with Gasteiger partial charge >= 0.3 is 5.97 Å². The van der Waals surface area contributed by atoms with Crippen LogP contribution in [0.1, 0.15) is 27.2 Å². The van der Waals surface area contributed by atoms with Gasteiger partial charge in [-0.05, 0) is 20.8 Å². The van der Waals surface area contributed by atoms with Crippen LogP contribution in [0.4, 0.5) is 0 Å². The normalized spacial score (nSPS) is 16.3. The van der Waals surface area contributed by atoms with Crippen molar-refractivity contribution in [2.45, 2.75) is 32.8 Å². The third-order valence-electron chi connectivity index (χ3n) is 1.80. The van der Waals surface area contributed by atoms with Gasteiger partial charge in [0.1, 0.15) is 5.41 Å². The summed E-state index contributed by atoms with van der Waals surface area (Å²) in [4.78, 5) is 21.6. The van der Waals surface area contributed by atoms with Gasteiger partial charge in [-0.2, -0.15) is 0 Å². The Morgan fingerprint density at radius 1 is 1.31 bits per heavy atom. The van der Waals surface area contributed by atoms with Gasteiger partial charge < -0.3 is 15.9 Å². The zero-order valence-electron chi connectivity index (χ0n) is 8.00. The molecule has 0 aromatic heterocycles. The molecule has 0 aliphatic rings. The van der Waals surface area contributed by atoms with E-state index in [1.165, 1.54) is 20.8 Å². The Labute approximate surface area is 76.5 Å². The third-order valence-corrected chi connectivity index (χ3v) is 1.80. The first-order chi connectivity index (χ1) is 5.59. The molecule has 1 atom stereocenters. The quantitative estimate of drug-likeness (QED) is 0.529. The fraction of sp³-hybridized carbons (Fsp3) is 0.750. The molecule has 0 heterocycles. The number of hydrogen-bond acceptors (Lipinski definition) is 3. The minimum Gasteiger partial charge on any atom is -0.480 e. The van der Waals surface area contributed by atoms with Crippen molar-refractivity contribution in [3.05, 3.63) is 0 Å². The molecular weight excluding hydrogens is 174 g/mol. The molecule has 13 heavy (non-hydrogen) atoms. The smallest absolute Gasteiger partial charge is 0.319 e. The summed E-state index contributed by atoms with van der Waals surface area (Å²) in [6.45, 7) is 4.06. The van der Waals surface area contributed by atoms with Crippen LogP contribution >= 0.6 is 0 Å². The molecular formula is C8H15NO4. The van der Waals surface area contributed by atoms with E-state index < -0.39 is 22.9 Å². The highest BCUT2D eigenvalue weighted by Gasteiger charge is 2.43. The first kappa shape index (κ1) is 11.9. The predicted octanol–water partition coefficient (Wildman–Crippen LogP) is -0.276. The van der Waals surface area contributed by atoms with Crippen molar-refractivity contribution < 1.29 is 19.8 Å². The van der Waals surface area contributed by atoms with E-state index in [-0.39, 0.29) is 6.42 Å². The molecule has 0 aliphatic heterocycles. The summed E-state index contributed by atoms with van der Waals surface area (Å²) in [5, 5.41) is 18.1. The summed E-state index contributed by atoms with van der Waals surface area (Å²) < 4.78 is 0. The van der Waals surface area contributed by atoms with Crippen molar-refractivity contribution in [2.24, 2.45) is 11.1 Å². The first-order valence-corrected chi connectivity index (χ1v) is 3.85. The van der Waals surface area contributed by atoms with Gasteiger partial charge in [0.15, 0.2) is 0 Å². The van der Waals surface area contributed by atoms with Crippen LogP contribution in [0.25, 0.3) is 0 Å². The van der Waals surface area contributed by atoms with Gasteiger partial charge in [0, 0.05) is 6.42 Å². The molecule has 0 rings (SSSR count). The van der Waals surface area contributed by atoms with Crippen LogP contribution in [-0.4, -0.2) is 27.7 Å². The summed E-state index contributed by atoms with van der Waals surface area (Å²) in [5.41, 5.74) is 2.00. The minimum atomic E-state index is -1.71. The molecule has 0 bridgehead atoms. The van der Waals surface area contributed by atoms with Crippen LogP contribution in [0.15, 0.2) is 0 Å². The van der Waals surface area contributed by atoms with Crippen LogP contribution < -0.4 is 5.73 Å². The Bertz CT molecular complexity index is 215. The summed E-state index contributed by atoms with van der Waals surface area (Å²) in [5.74, 6) is -2.26. The van der Waals surface area contributed by atoms with Crippen LogP contribution in [0, 0.1) is 5.41 Å². The van der Waals surface area contributed by atoms with Crippen LogP contribution in [0.3, 0.4) is 0 Å². The number of carboxylic acid groups (broad SMARTS) is 1. The molecule has 5 heteroatoms. The Morgan fingerprint density at radius 3 is 1.77 bits per heavy atom. The maximum atomic E-state index is 10.9. The fourth-order valence-corrected chi connectivity index (χ4v) is 1.13. The lowest BCUT2D eigenvalue weighted by Crippen LogP contribution is -2.46. The molecule has 5 nitrogen and oxygen atoms in total. The van der Waals surface area contributed by atoms with Gasteiger partial charge in [0.25, 0.3) is 0 Å². The Kier molecular flexibility index (Phi) is 3.05. The van der Waals surface area contributed by atoms with Crippen molar-refractivity contribution in [2.75, 3.05) is 0 Å². The van der Waals surface area contributed by atoms with Crippen LogP contribution in [0.5, 0.6) is 0 Å². The molecule has 0 aromatic rings. The van der Waals surface area contributed by atoms with Crippen molar-refractivity contribution in [3.8, 4) is 0 Å². The van der Waals surface area contributed by atoms with Gasteiger partial charge in [-0.25, -0.2) is 0 Å². The van der Waals surface area contributed by atoms with Crippen molar-refractivity contribution in [1.82, 2.24) is 0 Å². The van der Waals surface area contributed by atoms with E-state index in [1.54, 1.807) is 0 Å². The van der Waals surface area contributed by atoms with Gasteiger partial charge in [0.05, 0.1) is 5.60 Å². The summed E-state index contributed by atoms with van der Waals surface area (Å²) in [6.07, 6.45) is -0.204. The second kappa shape index (κ2) is 3.33. The average Bonchev–Trinajstić information content (AvgIpc) is 1.82. The lowest BCUT2D eigenvalue weighted by atomic mass is 9.79. The number of nitrogens with two attached hydrogens (primary N) is 1. The molecule has 1 unspecified atom stereocenters.